The van der Waals surface area contributed by atoms with E-state index in [1.54, 1.807) is 12.4 Å². The molecule has 1 fully saturated rings. The van der Waals surface area contributed by atoms with Gasteiger partial charge in [-0.3, -0.25) is 14.6 Å². The summed E-state index contributed by atoms with van der Waals surface area (Å²) in [6.45, 7) is 6.26. The van der Waals surface area contributed by atoms with Crippen LogP contribution < -0.4 is 0 Å². The van der Waals surface area contributed by atoms with Crippen molar-refractivity contribution >= 4 is 0 Å². The molecule has 1 atom stereocenters. The summed E-state index contributed by atoms with van der Waals surface area (Å²) in [5.74, 6) is 0.751. The predicted molar refractivity (Wildman–Crippen MR) is 94.0 cm³/mol. The minimum atomic E-state index is 0.278. The summed E-state index contributed by atoms with van der Waals surface area (Å²) in [6, 6.07) is 6.40. The third-order valence-corrected chi connectivity index (χ3v) is 5.14. The van der Waals surface area contributed by atoms with E-state index >= 15 is 0 Å². The maximum absolute atomic E-state index is 5.99. The Morgan fingerprint density at radius 2 is 1.96 bits per heavy atom. The van der Waals surface area contributed by atoms with E-state index in [1.165, 1.54) is 18.5 Å². The van der Waals surface area contributed by atoms with E-state index in [4.69, 9.17) is 9.47 Å². The van der Waals surface area contributed by atoms with Crippen LogP contribution in [0.5, 0.6) is 0 Å². The van der Waals surface area contributed by atoms with Crippen molar-refractivity contribution < 1.29 is 9.47 Å². The summed E-state index contributed by atoms with van der Waals surface area (Å²) in [4.78, 5) is 6.61. The highest BCUT2D eigenvalue weighted by atomic mass is 16.5. The van der Waals surface area contributed by atoms with Crippen molar-refractivity contribution in [2.24, 2.45) is 5.92 Å². The Kier molecular flexibility index (Phi) is 5.40. The number of hydrogen-bond acceptors (Lipinski definition) is 5. The first-order valence-corrected chi connectivity index (χ1v) is 9.17. The summed E-state index contributed by atoms with van der Waals surface area (Å²) in [6.07, 6.45) is 7.88. The van der Waals surface area contributed by atoms with E-state index in [1.807, 2.05) is 18.3 Å². The number of nitrogens with zero attached hydrogens (tertiary/aromatic N) is 4. The zero-order chi connectivity index (χ0) is 16.9. The molecule has 6 nitrogen and oxygen atoms in total. The van der Waals surface area contributed by atoms with Gasteiger partial charge in [0.1, 0.15) is 0 Å². The van der Waals surface area contributed by atoms with Gasteiger partial charge in [-0.2, -0.15) is 5.10 Å². The van der Waals surface area contributed by atoms with Gasteiger partial charge in [-0.25, -0.2) is 0 Å². The Labute approximate surface area is 148 Å². The molecule has 2 aliphatic heterocycles. The van der Waals surface area contributed by atoms with Crippen LogP contribution in [-0.2, 0) is 22.6 Å². The van der Waals surface area contributed by atoms with Crippen molar-refractivity contribution in [3.05, 3.63) is 48.0 Å². The Morgan fingerprint density at radius 1 is 1.12 bits per heavy atom. The van der Waals surface area contributed by atoms with Crippen molar-refractivity contribution in [2.45, 2.75) is 32.0 Å². The second kappa shape index (κ2) is 8.08. The first kappa shape index (κ1) is 16.7. The van der Waals surface area contributed by atoms with Gasteiger partial charge in [0.2, 0.25) is 0 Å². The quantitative estimate of drug-likeness (QED) is 0.806. The molecule has 0 spiro atoms. The minimum Gasteiger partial charge on any atom is -0.381 e. The molecule has 0 bridgehead atoms. The fourth-order valence-corrected chi connectivity index (χ4v) is 3.81. The van der Waals surface area contributed by atoms with Gasteiger partial charge < -0.3 is 9.47 Å². The highest BCUT2D eigenvalue weighted by Gasteiger charge is 2.27. The molecular formula is C19H26N4O2. The van der Waals surface area contributed by atoms with Crippen LogP contribution in [0.3, 0.4) is 0 Å². The average molecular weight is 342 g/mol. The molecule has 134 valence electrons. The van der Waals surface area contributed by atoms with Gasteiger partial charge in [-0.1, -0.05) is 0 Å². The molecule has 4 rings (SSSR count). The van der Waals surface area contributed by atoms with Crippen molar-refractivity contribution in [1.29, 1.82) is 0 Å². The van der Waals surface area contributed by atoms with Crippen LogP contribution in [-0.4, -0.2) is 52.6 Å². The van der Waals surface area contributed by atoms with E-state index in [0.29, 0.717) is 13.2 Å². The van der Waals surface area contributed by atoms with Crippen molar-refractivity contribution in [3.8, 4) is 0 Å². The van der Waals surface area contributed by atoms with E-state index in [0.717, 1.165) is 44.3 Å². The highest BCUT2D eigenvalue weighted by Crippen LogP contribution is 2.24. The van der Waals surface area contributed by atoms with Crippen LogP contribution in [0.1, 0.15) is 30.1 Å². The maximum Gasteiger partial charge on any atom is 0.0883 e. The average Bonchev–Trinajstić information content (AvgIpc) is 3.12. The first-order valence-electron chi connectivity index (χ1n) is 9.17. The molecule has 0 radical (unpaired) electrons. The molecule has 25 heavy (non-hydrogen) atoms. The number of aromatic nitrogens is 3. The van der Waals surface area contributed by atoms with Gasteiger partial charge in [-0.05, 0) is 42.5 Å². The maximum atomic E-state index is 5.99. The number of rotatable bonds is 6. The molecule has 2 aliphatic rings. The Balaban J connectivity index is 1.35. The molecule has 0 aliphatic carbocycles. The van der Waals surface area contributed by atoms with Gasteiger partial charge in [0.15, 0.2) is 0 Å². The normalized spacial score (nSPS) is 22.0. The molecular weight excluding hydrogens is 316 g/mol. The fraction of sp³-hybridized carbons (Fsp3) is 0.579. The molecule has 0 aromatic carbocycles. The Morgan fingerprint density at radius 3 is 2.80 bits per heavy atom. The molecule has 6 heteroatoms. The van der Waals surface area contributed by atoms with Crippen LogP contribution in [0.15, 0.2) is 36.8 Å². The zero-order valence-corrected chi connectivity index (χ0v) is 14.6. The van der Waals surface area contributed by atoms with Crippen molar-refractivity contribution in [3.63, 3.8) is 0 Å². The summed E-state index contributed by atoms with van der Waals surface area (Å²) in [5, 5.41) is 4.53. The molecule has 2 aromatic rings. The molecule has 0 unspecified atom stereocenters. The van der Waals surface area contributed by atoms with Gasteiger partial charge >= 0.3 is 0 Å². The third-order valence-electron chi connectivity index (χ3n) is 5.14. The van der Waals surface area contributed by atoms with Crippen molar-refractivity contribution in [1.82, 2.24) is 19.7 Å². The second-order valence-corrected chi connectivity index (χ2v) is 7.04. The lowest BCUT2D eigenvalue weighted by Crippen LogP contribution is -2.42. The van der Waals surface area contributed by atoms with Gasteiger partial charge in [-0.15, -0.1) is 0 Å². The minimum absolute atomic E-state index is 0.278. The van der Waals surface area contributed by atoms with Crippen LogP contribution in [0, 0.1) is 5.92 Å². The molecule has 4 heterocycles. The summed E-state index contributed by atoms with van der Waals surface area (Å²) >= 11 is 0. The van der Waals surface area contributed by atoms with Gasteiger partial charge in [0, 0.05) is 51.4 Å². The van der Waals surface area contributed by atoms with E-state index in [9.17, 15) is 0 Å². The summed E-state index contributed by atoms with van der Waals surface area (Å²) < 4.78 is 13.6. The summed E-state index contributed by atoms with van der Waals surface area (Å²) in [7, 11) is 0. The van der Waals surface area contributed by atoms with E-state index in [-0.39, 0.29) is 6.04 Å². The standard InChI is InChI=1S/C19H26N4O2/c1-6-20-7-2-17(1)14-25-15-19-13-22(11-16-4-9-24-10-5-16)12-18-3-8-21-23(18)19/h1-3,6-8,16,19H,4-5,9-15H2/t19-/m1/s1. The van der Waals surface area contributed by atoms with Gasteiger partial charge in [0.25, 0.3) is 0 Å². The monoisotopic (exact) mass is 342 g/mol. The predicted octanol–water partition coefficient (Wildman–Crippen LogP) is 2.28. The van der Waals surface area contributed by atoms with Crippen LogP contribution in [0.4, 0.5) is 0 Å². The molecule has 2 aromatic heterocycles. The lowest BCUT2D eigenvalue weighted by molar-refractivity contribution is 0.0284. The molecule has 0 N–H and O–H groups in total. The highest BCUT2D eigenvalue weighted by molar-refractivity contribution is 5.08. The lowest BCUT2D eigenvalue weighted by Gasteiger charge is -2.36. The first-order chi connectivity index (χ1) is 12.4. The van der Waals surface area contributed by atoms with E-state index < -0.39 is 0 Å². The van der Waals surface area contributed by atoms with Crippen LogP contribution >= 0.6 is 0 Å². The van der Waals surface area contributed by atoms with Crippen molar-refractivity contribution in [2.75, 3.05) is 32.9 Å². The Hall–Kier alpha value is -1.76. The van der Waals surface area contributed by atoms with Gasteiger partial charge in [0.05, 0.1) is 24.9 Å². The molecule has 0 saturated carbocycles. The summed E-state index contributed by atoms with van der Waals surface area (Å²) in [5.41, 5.74) is 2.45. The largest absolute Gasteiger partial charge is 0.381 e. The van der Waals surface area contributed by atoms with E-state index in [2.05, 4.69) is 25.7 Å². The fourth-order valence-electron chi connectivity index (χ4n) is 3.81. The number of hydrogen-bond donors (Lipinski definition) is 0. The number of fused-ring (bicyclic) bond motifs is 1. The Bertz CT molecular complexity index is 654. The SMILES string of the molecule is c1cc(COC[C@H]2CN(CC3CCOCC3)Cc3ccnn32)ccn1. The number of ether oxygens (including phenoxy) is 2. The third kappa shape index (κ3) is 4.26. The smallest absolute Gasteiger partial charge is 0.0883 e. The topological polar surface area (TPSA) is 52.4 Å². The molecule has 1 saturated heterocycles. The van der Waals surface area contributed by atoms with Crippen LogP contribution in [0.25, 0.3) is 0 Å². The lowest BCUT2D eigenvalue weighted by atomic mass is 9.99. The number of pyridine rings is 1. The van der Waals surface area contributed by atoms with Crippen LogP contribution in [0.2, 0.25) is 0 Å². The zero-order valence-electron chi connectivity index (χ0n) is 14.6. The molecule has 0 amide bonds. The second-order valence-electron chi connectivity index (χ2n) is 7.04.